The summed E-state index contributed by atoms with van der Waals surface area (Å²) in [4.78, 5) is 18.8. The van der Waals surface area contributed by atoms with Crippen molar-refractivity contribution >= 4 is 27.7 Å². The van der Waals surface area contributed by atoms with Gasteiger partial charge in [-0.25, -0.2) is 4.98 Å². The van der Waals surface area contributed by atoms with Gasteiger partial charge < -0.3 is 9.40 Å². The first-order chi connectivity index (χ1) is 11.6. The Morgan fingerprint density at radius 3 is 2.79 bits per heavy atom. The van der Waals surface area contributed by atoms with Crippen molar-refractivity contribution in [3.63, 3.8) is 0 Å². The summed E-state index contributed by atoms with van der Waals surface area (Å²) in [7, 11) is 0. The number of aromatic amines is 1. The molecule has 24 heavy (non-hydrogen) atoms. The van der Waals surface area contributed by atoms with Crippen molar-refractivity contribution in [3.8, 4) is 11.5 Å². The maximum absolute atomic E-state index is 11.6. The highest BCUT2D eigenvalue weighted by atomic mass is 79.9. The van der Waals surface area contributed by atoms with Gasteiger partial charge in [-0.1, -0.05) is 41.0 Å². The monoisotopic (exact) mass is 406 g/mol. The van der Waals surface area contributed by atoms with Gasteiger partial charge in [-0.2, -0.15) is 0 Å². The number of hydrogen-bond acceptors (Lipinski definition) is 6. The Morgan fingerprint density at radius 2 is 2.04 bits per heavy atom. The highest BCUT2D eigenvalue weighted by Crippen LogP contribution is 2.23. The molecule has 1 aromatic carbocycles. The molecule has 0 bridgehead atoms. The van der Waals surface area contributed by atoms with Gasteiger partial charge in [-0.3, -0.25) is 4.79 Å². The van der Waals surface area contributed by atoms with Gasteiger partial charge in [0.2, 0.25) is 11.8 Å². The summed E-state index contributed by atoms with van der Waals surface area (Å²) < 4.78 is 6.65. The van der Waals surface area contributed by atoms with Crippen LogP contribution < -0.4 is 5.56 Å². The third-order valence-corrected chi connectivity index (χ3v) is 4.56. The van der Waals surface area contributed by atoms with E-state index in [1.165, 1.54) is 17.8 Å². The predicted molar refractivity (Wildman–Crippen MR) is 95.8 cm³/mol. The van der Waals surface area contributed by atoms with Crippen LogP contribution in [0.4, 0.5) is 0 Å². The lowest BCUT2D eigenvalue weighted by Crippen LogP contribution is -2.09. The number of H-pyrrole nitrogens is 1. The van der Waals surface area contributed by atoms with Crippen molar-refractivity contribution in [3.05, 3.63) is 56.7 Å². The highest BCUT2D eigenvalue weighted by molar-refractivity contribution is 9.10. The first-order valence-corrected chi connectivity index (χ1v) is 9.23. The van der Waals surface area contributed by atoms with Crippen molar-refractivity contribution in [1.29, 1.82) is 0 Å². The van der Waals surface area contributed by atoms with Crippen LogP contribution in [0.2, 0.25) is 0 Å². The minimum atomic E-state index is -0.142. The van der Waals surface area contributed by atoms with Crippen LogP contribution in [0.5, 0.6) is 0 Å². The second kappa shape index (κ2) is 7.76. The van der Waals surface area contributed by atoms with Crippen molar-refractivity contribution in [2.75, 3.05) is 0 Å². The van der Waals surface area contributed by atoms with Gasteiger partial charge in [0.25, 0.3) is 5.56 Å². The van der Waals surface area contributed by atoms with Gasteiger partial charge in [0.15, 0.2) is 5.16 Å². The van der Waals surface area contributed by atoms with E-state index in [2.05, 4.69) is 43.0 Å². The van der Waals surface area contributed by atoms with Crippen LogP contribution in [-0.2, 0) is 12.2 Å². The van der Waals surface area contributed by atoms with E-state index in [-0.39, 0.29) is 5.56 Å². The van der Waals surface area contributed by atoms with Crippen LogP contribution in [0.1, 0.15) is 24.9 Å². The lowest BCUT2D eigenvalue weighted by Gasteiger charge is -2.01. The fourth-order valence-electron chi connectivity index (χ4n) is 2.09. The van der Waals surface area contributed by atoms with E-state index >= 15 is 0 Å². The number of hydrogen-bond donors (Lipinski definition) is 1. The van der Waals surface area contributed by atoms with E-state index < -0.39 is 0 Å². The average molecular weight is 407 g/mol. The van der Waals surface area contributed by atoms with Crippen molar-refractivity contribution in [1.82, 2.24) is 20.2 Å². The molecule has 124 valence electrons. The largest absolute Gasteiger partial charge is 0.420 e. The molecule has 0 saturated carbocycles. The number of halogens is 1. The molecule has 0 aliphatic carbocycles. The van der Waals surface area contributed by atoms with Crippen LogP contribution in [0.25, 0.3) is 11.5 Å². The molecule has 0 atom stereocenters. The summed E-state index contributed by atoms with van der Waals surface area (Å²) in [6.45, 7) is 2.05. The number of benzene rings is 1. The Bertz CT molecular complexity index is 876. The van der Waals surface area contributed by atoms with Crippen molar-refractivity contribution < 1.29 is 4.42 Å². The smallest absolute Gasteiger partial charge is 0.251 e. The second-order valence-electron chi connectivity index (χ2n) is 5.09. The van der Waals surface area contributed by atoms with Crippen molar-refractivity contribution in [2.24, 2.45) is 0 Å². The third kappa shape index (κ3) is 4.33. The molecule has 0 unspecified atom stereocenters. The van der Waals surface area contributed by atoms with Crippen LogP contribution in [0.3, 0.4) is 0 Å². The minimum Gasteiger partial charge on any atom is -0.420 e. The van der Waals surface area contributed by atoms with Gasteiger partial charge in [-0.15, -0.1) is 10.2 Å². The number of rotatable bonds is 6. The highest BCUT2D eigenvalue weighted by Gasteiger charge is 2.10. The predicted octanol–water partition coefficient (Wildman–Crippen LogP) is 3.83. The normalized spacial score (nSPS) is 10.9. The first-order valence-electron chi connectivity index (χ1n) is 7.45. The van der Waals surface area contributed by atoms with Gasteiger partial charge in [0, 0.05) is 21.8 Å². The Kier molecular flexibility index (Phi) is 5.47. The molecular weight excluding hydrogens is 392 g/mol. The van der Waals surface area contributed by atoms with Gasteiger partial charge in [-0.05, 0) is 30.7 Å². The zero-order valence-electron chi connectivity index (χ0n) is 13.0. The lowest BCUT2D eigenvalue weighted by atomic mass is 10.2. The zero-order chi connectivity index (χ0) is 16.9. The average Bonchev–Trinajstić information content (AvgIpc) is 3.02. The van der Waals surface area contributed by atoms with Crippen LogP contribution in [-0.4, -0.2) is 20.2 Å². The summed E-state index contributed by atoms with van der Waals surface area (Å²) in [6.07, 6.45) is 1.73. The molecule has 8 heteroatoms. The molecule has 0 aliphatic rings. The van der Waals surface area contributed by atoms with E-state index in [1.807, 2.05) is 24.3 Å². The topological polar surface area (TPSA) is 84.7 Å². The first kappa shape index (κ1) is 16.9. The molecule has 0 fully saturated rings. The van der Waals surface area contributed by atoms with E-state index in [9.17, 15) is 4.79 Å². The van der Waals surface area contributed by atoms with E-state index in [0.29, 0.717) is 22.7 Å². The number of nitrogens with one attached hydrogen (secondary N) is 1. The third-order valence-electron chi connectivity index (χ3n) is 3.17. The molecular formula is C16H15BrN4O2S. The fraction of sp³-hybridized carbons (Fsp3) is 0.250. The summed E-state index contributed by atoms with van der Waals surface area (Å²) in [5.41, 5.74) is 1.51. The molecule has 0 amide bonds. The van der Waals surface area contributed by atoms with E-state index in [4.69, 9.17) is 4.42 Å². The minimum absolute atomic E-state index is 0.142. The summed E-state index contributed by atoms with van der Waals surface area (Å²) >= 11 is 4.76. The maximum Gasteiger partial charge on any atom is 0.251 e. The quantitative estimate of drug-likeness (QED) is 0.494. The summed E-state index contributed by atoms with van der Waals surface area (Å²) in [5, 5.41) is 8.66. The van der Waals surface area contributed by atoms with Crippen molar-refractivity contribution in [2.45, 2.75) is 30.7 Å². The molecule has 3 rings (SSSR count). The molecule has 2 aromatic heterocycles. The standard InChI is InChI=1S/C16H15BrN4O2S/c1-2-3-12-8-13(22)19-16(18-12)24-9-14-20-21-15(23-14)10-4-6-11(17)7-5-10/h4-8H,2-3,9H2,1H3,(H,18,19,22). The molecule has 0 radical (unpaired) electrons. The molecule has 0 saturated heterocycles. The number of aromatic nitrogens is 4. The SMILES string of the molecule is CCCc1cc(=O)[nH]c(SCc2nnc(-c3ccc(Br)cc3)o2)n1. The van der Waals surface area contributed by atoms with Gasteiger partial charge in [0.05, 0.1) is 5.75 Å². The van der Waals surface area contributed by atoms with E-state index in [1.54, 1.807) is 0 Å². The van der Waals surface area contributed by atoms with Crippen LogP contribution in [0, 0.1) is 0 Å². The summed E-state index contributed by atoms with van der Waals surface area (Å²) in [5.74, 6) is 1.41. The zero-order valence-corrected chi connectivity index (χ0v) is 15.4. The Labute approximate surface area is 151 Å². The Hall–Kier alpha value is -1.93. The number of aryl methyl sites for hydroxylation is 1. The Balaban J connectivity index is 1.69. The maximum atomic E-state index is 11.6. The van der Waals surface area contributed by atoms with Gasteiger partial charge in [0.1, 0.15) is 0 Å². The van der Waals surface area contributed by atoms with Gasteiger partial charge >= 0.3 is 0 Å². The molecule has 3 aromatic rings. The lowest BCUT2D eigenvalue weighted by molar-refractivity contribution is 0.528. The molecule has 6 nitrogen and oxygen atoms in total. The second-order valence-corrected chi connectivity index (χ2v) is 6.97. The van der Waals surface area contributed by atoms with Crippen LogP contribution in [0.15, 0.2) is 49.2 Å². The Morgan fingerprint density at radius 1 is 1.25 bits per heavy atom. The molecule has 1 N–H and O–H groups in total. The molecule has 2 heterocycles. The number of thioether (sulfide) groups is 1. The number of nitrogens with zero attached hydrogens (tertiary/aromatic N) is 3. The van der Waals surface area contributed by atoms with E-state index in [0.717, 1.165) is 28.6 Å². The summed E-state index contributed by atoms with van der Waals surface area (Å²) in [6, 6.07) is 9.18. The molecule has 0 spiro atoms. The fourth-order valence-corrected chi connectivity index (χ4v) is 3.08. The van der Waals surface area contributed by atoms with Crippen LogP contribution >= 0.6 is 27.7 Å². The molecule has 0 aliphatic heterocycles.